The maximum absolute atomic E-state index is 13.3. The summed E-state index contributed by atoms with van der Waals surface area (Å²) >= 11 is 0. The predicted octanol–water partition coefficient (Wildman–Crippen LogP) is 5.92. The van der Waals surface area contributed by atoms with Crippen LogP contribution in [0.3, 0.4) is 0 Å². The average Bonchev–Trinajstić information content (AvgIpc) is 3.36. The van der Waals surface area contributed by atoms with E-state index in [1.54, 1.807) is 0 Å². The van der Waals surface area contributed by atoms with Gasteiger partial charge in [-0.05, 0) is 72.6 Å². The number of rotatable bonds is 0. The van der Waals surface area contributed by atoms with Crippen molar-refractivity contribution in [1.29, 1.82) is 0 Å². The molecular weight excluding hydrogens is 467 g/mol. The number of aromatic nitrogens is 4. The molecule has 0 aromatic carbocycles. The maximum atomic E-state index is 13.3. The molecule has 3 aromatic heterocycles. The van der Waals surface area contributed by atoms with Crippen molar-refractivity contribution < 1.29 is 21.3 Å². The maximum Gasteiger partial charge on any atom is 2.00 e. The molecule has 34 heavy (non-hydrogen) atoms. The second-order valence-corrected chi connectivity index (χ2v) is 9.81. The van der Waals surface area contributed by atoms with Crippen LogP contribution in [0.4, 0.5) is 0 Å². The zero-order valence-corrected chi connectivity index (χ0v) is 21.8. The number of carbonyl (C=O) groups excluding carboxylic acids is 1. The second kappa shape index (κ2) is 8.06. The Morgan fingerprint density at radius 3 is 1.44 bits per heavy atom. The SMILES string of the molecule is CC1=C(C)c2cc3[n-]c(cc4nc(cc5[n-]c(cc1n2)c(C)c5C)C(=O)C4(C)C)c(C)c3C.[Ni+2]. The summed E-state index contributed by atoms with van der Waals surface area (Å²) in [6, 6.07) is 7.89. The van der Waals surface area contributed by atoms with E-state index in [0.29, 0.717) is 5.69 Å². The van der Waals surface area contributed by atoms with Crippen LogP contribution in [-0.2, 0) is 21.9 Å². The number of ketones is 1. The number of aryl methyl sites for hydroxylation is 4. The van der Waals surface area contributed by atoms with Crippen LogP contribution >= 0.6 is 0 Å². The molecule has 5 rings (SSSR count). The fourth-order valence-electron chi connectivity index (χ4n) is 4.47. The first-order chi connectivity index (χ1) is 15.5. The van der Waals surface area contributed by atoms with E-state index in [1.807, 2.05) is 39.0 Å². The van der Waals surface area contributed by atoms with Gasteiger partial charge in [0.05, 0.1) is 22.5 Å². The first kappa shape index (κ1) is 24.2. The summed E-state index contributed by atoms with van der Waals surface area (Å²) in [5, 5.41) is 0. The molecule has 0 spiro atoms. The summed E-state index contributed by atoms with van der Waals surface area (Å²) in [4.78, 5) is 32.7. The van der Waals surface area contributed by atoms with Crippen molar-refractivity contribution in [3.8, 4) is 0 Å². The monoisotopic (exact) mass is 494 g/mol. The van der Waals surface area contributed by atoms with Crippen LogP contribution in [0, 0.1) is 27.7 Å². The van der Waals surface area contributed by atoms with Gasteiger partial charge in [0.1, 0.15) is 5.69 Å². The largest absolute Gasteiger partial charge is 2.00 e. The average molecular weight is 495 g/mol. The molecule has 0 unspecified atom stereocenters. The fraction of sp³-hybridized carbons (Fsp3) is 0.321. The minimum atomic E-state index is -0.719. The van der Waals surface area contributed by atoms with Crippen molar-refractivity contribution in [1.82, 2.24) is 19.9 Å². The number of carbonyl (C=O) groups is 1. The summed E-state index contributed by atoms with van der Waals surface area (Å²) < 4.78 is 0. The van der Waals surface area contributed by atoms with Crippen molar-refractivity contribution in [3.05, 3.63) is 69.3 Å². The molecule has 0 saturated carbocycles. The normalized spacial score (nSPS) is 15.0. The van der Waals surface area contributed by atoms with Crippen LogP contribution in [-0.4, -0.2) is 15.8 Å². The summed E-state index contributed by atoms with van der Waals surface area (Å²) in [7, 11) is 0. The number of allylic oxidation sites excluding steroid dienone is 2. The van der Waals surface area contributed by atoms with Crippen LogP contribution in [0.15, 0.2) is 24.3 Å². The summed E-state index contributed by atoms with van der Waals surface area (Å²) in [6.07, 6.45) is 0. The van der Waals surface area contributed by atoms with E-state index >= 15 is 0 Å². The summed E-state index contributed by atoms with van der Waals surface area (Å²) in [5.41, 5.74) is 12.3. The van der Waals surface area contributed by atoms with Gasteiger partial charge in [-0.15, -0.1) is 22.1 Å². The van der Waals surface area contributed by atoms with E-state index < -0.39 is 5.41 Å². The number of hydrogen-bond donors (Lipinski definition) is 0. The Hall–Kier alpha value is -2.98. The third kappa shape index (κ3) is 3.47. The van der Waals surface area contributed by atoms with E-state index in [4.69, 9.17) is 19.9 Å². The summed E-state index contributed by atoms with van der Waals surface area (Å²) in [6.45, 7) is 16.3. The minimum absolute atomic E-state index is 0. The van der Waals surface area contributed by atoms with E-state index in [9.17, 15) is 4.79 Å². The Balaban J connectivity index is 0.00000274. The van der Waals surface area contributed by atoms with Crippen LogP contribution in [0.5, 0.6) is 0 Å². The number of hydrogen-bond acceptors (Lipinski definition) is 3. The topological polar surface area (TPSA) is 71.1 Å². The van der Waals surface area contributed by atoms with Gasteiger partial charge in [0, 0.05) is 0 Å². The van der Waals surface area contributed by atoms with Crippen LogP contribution < -0.4 is 9.97 Å². The Bertz CT molecular complexity index is 1570. The van der Waals surface area contributed by atoms with E-state index in [0.717, 1.165) is 72.5 Å². The van der Waals surface area contributed by atoms with E-state index in [-0.39, 0.29) is 22.3 Å². The number of Topliss-reactive ketones (excluding diaryl/α,β-unsaturated/α-hetero) is 1. The number of fused-ring (bicyclic) bond motifs is 8. The number of nitrogens with zero attached hydrogens (tertiary/aromatic N) is 4. The molecule has 2 aliphatic heterocycles. The van der Waals surface area contributed by atoms with Gasteiger partial charge < -0.3 is 9.97 Å². The molecular formula is C28H28N4NiO. The van der Waals surface area contributed by atoms with Crippen molar-refractivity contribution in [2.75, 3.05) is 0 Å². The van der Waals surface area contributed by atoms with Crippen molar-refractivity contribution in [3.63, 3.8) is 0 Å². The van der Waals surface area contributed by atoms with Gasteiger partial charge in [0.15, 0.2) is 5.78 Å². The van der Waals surface area contributed by atoms with Gasteiger partial charge in [-0.25, -0.2) is 9.97 Å². The smallest absolute Gasteiger partial charge is 0.657 e. The van der Waals surface area contributed by atoms with Gasteiger partial charge in [-0.2, -0.15) is 0 Å². The third-order valence-electron chi connectivity index (χ3n) is 7.49. The molecule has 6 heteroatoms. The predicted molar refractivity (Wildman–Crippen MR) is 133 cm³/mol. The Labute approximate surface area is 210 Å². The first-order valence-electron chi connectivity index (χ1n) is 11.3. The van der Waals surface area contributed by atoms with Crippen molar-refractivity contribution >= 4 is 39.0 Å². The van der Waals surface area contributed by atoms with E-state index in [1.165, 1.54) is 0 Å². The standard InChI is InChI=1S/C28H29N4O.Ni/c1-13-14(2)20-10-22-17(5)18(6)24(31-22)12-26-28(7,8)27(33)25(32-26)11-23-16(4)15(3)21(30-23)9-19(13)29-20;/h9-12H,1-8H3,(H-,29,30,31,32,33);/q-1;+2/p-1. The van der Waals surface area contributed by atoms with Gasteiger partial charge in [0.25, 0.3) is 0 Å². The van der Waals surface area contributed by atoms with Gasteiger partial charge in [-0.1, -0.05) is 40.5 Å². The fourth-order valence-corrected chi connectivity index (χ4v) is 4.47. The Morgan fingerprint density at radius 2 is 1.00 bits per heavy atom. The zero-order chi connectivity index (χ0) is 23.8. The molecule has 0 fully saturated rings. The van der Waals surface area contributed by atoms with Gasteiger partial charge >= 0.3 is 16.5 Å². The quantitative estimate of drug-likeness (QED) is 0.363. The van der Waals surface area contributed by atoms with Crippen LogP contribution in [0.2, 0.25) is 0 Å². The Kier molecular flexibility index (Phi) is 5.73. The molecule has 5 nitrogen and oxygen atoms in total. The Morgan fingerprint density at radius 1 is 0.618 bits per heavy atom. The molecule has 0 aliphatic carbocycles. The molecule has 0 amide bonds. The van der Waals surface area contributed by atoms with Gasteiger partial charge in [0.2, 0.25) is 0 Å². The van der Waals surface area contributed by atoms with Crippen LogP contribution in [0.25, 0.3) is 33.2 Å². The second-order valence-electron chi connectivity index (χ2n) is 9.81. The molecule has 2 aliphatic rings. The van der Waals surface area contributed by atoms with Crippen LogP contribution in [0.1, 0.15) is 77.5 Å². The van der Waals surface area contributed by atoms with Crippen molar-refractivity contribution in [2.24, 2.45) is 0 Å². The molecule has 8 bridgehead atoms. The third-order valence-corrected chi connectivity index (χ3v) is 7.49. The molecule has 176 valence electrons. The minimum Gasteiger partial charge on any atom is -0.657 e. The first-order valence-corrected chi connectivity index (χ1v) is 11.3. The molecule has 0 atom stereocenters. The molecule has 5 heterocycles. The molecule has 0 N–H and O–H groups in total. The molecule has 3 aromatic rings. The van der Waals surface area contributed by atoms with Gasteiger partial charge in [-0.3, -0.25) is 4.79 Å². The van der Waals surface area contributed by atoms with Crippen molar-refractivity contribution in [2.45, 2.75) is 60.8 Å². The summed E-state index contributed by atoms with van der Waals surface area (Å²) in [5.74, 6) is 0.00440. The zero-order valence-electron chi connectivity index (χ0n) is 20.8. The van der Waals surface area contributed by atoms with E-state index in [2.05, 4.69) is 40.7 Å². The molecule has 0 radical (unpaired) electrons. The molecule has 0 saturated heterocycles.